The van der Waals surface area contributed by atoms with Crippen LogP contribution in [-0.2, 0) is 35.5 Å². The Hall–Kier alpha value is -3.43. The molecule has 0 atom stereocenters. The van der Waals surface area contributed by atoms with E-state index in [1.54, 1.807) is 15.9 Å². The summed E-state index contributed by atoms with van der Waals surface area (Å²) in [6.45, 7) is 4.35. The van der Waals surface area contributed by atoms with Gasteiger partial charge in [-0.1, -0.05) is 12.1 Å². The number of hydrogen-bond acceptors (Lipinski definition) is 7. The van der Waals surface area contributed by atoms with Gasteiger partial charge in [-0.05, 0) is 40.1 Å². The number of rotatable bonds is 8. The fraction of sp³-hybridized carbons (Fsp3) is 0.346. The first-order valence-electron chi connectivity index (χ1n) is 11.5. The van der Waals surface area contributed by atoms with Gasteiger partial charge in [0.25, 0.3) is 5.56 Å². The van der Waals surface area contributed by atoms with E-state index in [-0.39, 0.29) is 17.2 Å². The highest BCUT2D eigenvalue weighted by atomic mass is 32.1. The van der Waals surface area contributed by atoms with Gasteiger partial charge in [0.2, 0.25) is 5.91 Å². The summed E-state index contributed by atoms with van der Waals surface area (Å²) in [6.07, 6.45) is 1.21. The molecule has 35 heavy (non-hydrogen) atoms. The summed E-state index contributed by atoms with van der Waals surface area (Å²) in [5.74, 6) is -0.323. The maximum atomic E-state index is 13.0. The van der Waals surface area contributed by atoms with E-state index in [1.165, 1.54) is 20.1 Å². The minimum Gasteiger partial charge on any atom is -0.492 e. The summed E-state index contributed by atoms with van der Waals surface area (Å²) in [7, 11) is 1.34. The second-order valence-corrected chi connectivity index (χ2v) is 9.23. The highest BCUT2D eigenvalue weighted by Gasteiger charge is 2.26. The fourth-order valence-electron chi connectivity index (χ4n) is 4.26. The molecular formula is C26H29N3O5S. The van der Waals surface area contributed by atoms with E-state index in [4.69, 9.17) is 9.47 Å². The number of carbonyl (C=O) groups is 2. The van der Waals surface area contributed by atoms with Crippen molar-refractivity contribution in [2.45, 2.75) is 32.9 Å². The van der Waals surface area contributed by atoms with Crippen LogP contribution in [0.15, 0.2) is 52.0 Å². The van der Waals surface area contributed by atoms with Gasteiger partial charge in [0.15, 0.2) is 0 Å². The quantitative estimate of drug-likeness (QED) is 0.482. The molecule has 0 saturated carbocycles. The smallest absolute Gasteiger partial charge is 0.343 e. The van der Waals surface area contributed by atoms with Gasteiger partial charge in [-0.3, -0.25) is 14.5 Å². The van der Waals surface area contributed by atoms with Crippen molar-refractivity contribution in [3.05, 3.63) is 79.9 Å². The highest BCUT2D eigenvalue weighted by Crippen LogP contribution is 2.25. The SMILES string of the molecule is COC(=O)c1c(OCCc2ccsc2)cc(=O)n2c1CCN(Cc1ccc(NC(C)=O)cc1)CC2. The molecule has 0 bridgehead atoms. The van der Waals surface area contributed by atoms with E-state index in [2.05, 4.69) is 15.6 Å². The lowest BCUT2D eigenvalue weighted by molar-refractivity contribution is -0.114. The number of ether oxygens (including phenoxy) is 2. The second kappa shape index (κ2) is 11.3. The summed E-state index contributed by atoms with van der Waals surface area (Å²) in [5, 5.41) is 6.83. The van der Waals surface area contributed by atoms with Crippen LogP contribution in [0, 0.1) is 0 Å². The van der Waals surface area contributed by atoms with Crippen LogP contribution in [0.4, 0.5) is 5.69 Å². The van der Waals surface area contributed by atoms with Crippen LogP contribution in [0.5, 0.6) is 5.75 Å². The van der Waals surface area contributed by atoms with Crippen molar-refractivity contribution in [1.82, 2.24) is 9.47 Å². The first-order chi connectivity index (χ1) is 16.9. The largest absolute Gasteiger partial charge is 0.492 e. The van der Waals surface area contributed by atoms with Crippen LogP contribution in [0.1, 0.15) is 34.1 Å². The molecule has 0 aliphatic carbocycles. The maximum absolute atomic E-state index is 13.0. The van der Waals surface area contributed by atoms with Crippen molar-refractivity contribution in [2.24, 2.45) is 0 Å². The molecule has 0 spiro atoms. The van der Waals surface area contributed by atoms with Crippen molar-refractivity contribution in [3.8, 4) is 5.75 Å². The number of amides is 1. The third-order valence-corrected chi connectivity index (χ3v) is 6.72. The highest BCUT2D eigenvalue weighted by molar-refractivity contribution is 7.07. The first-order valence-corrected chi connectivity index (χ1v) is 12.5. The molecule has 0 radical (unpaired) electrons. The first kappa shape index (κ1) is 24.7. The third kappa shape index (κ3) is 6.17. The van der Waals surface area contributed by atoms with Crippen molar-refractivity contribution < 1.29 is 19.1 Å². The second-order valence-electron chi connectivity index (χ2n) is 8.45. The fourth-order valence-corrected chi connectivity index (χ4v) is 4.96. The lowest BCUT2D eigenvalue weighted by atomic mass is 10.1. The van der Waals surface area contributed by atoms with Crippen LogP contribution >= 0.6 is 11.3 Å². The van der Waals surface area contributed by atoms with Gasteiger partial charge in [0, 0.05) is 63.4 Å². The summed E-state index contributed by atoms with van der Waals surface area (Å²) in [5.41, 5.74) is 3.81. The van der Waals surface area contributed by atoms with Gasteiger partial charge >= 0.3 is 5.97 Å². The molecule has 3 aromatic rings. The zero-order valence-electron chi connectivity index (χ0n) is 19.9. The molecule has 1 N–H and O–H groups in total. The summed E-state index contributed by atoms with van der Waals surface area (Å²) in [6, 6.07) is 11.2. The monoisotopic (exact) mass is 495 g/mol. The number of pyridine rings is 1. The molecule has 8 nitrogen and oxygen atoms in total. The summed E-state index contributed by atoms with van der Waals surface area (Å²) < 4.78 is 12.7. The van der Waals surface area contributed by atoms with Crippen LogP contribution < -0.4 is 15.6 Å². The normalized spacial score (nSPS) is 13.5. The van der Waals surface area contributed by atoms with Gasteiger partial charge in [0.05, 0.1) is 13.7 Å². The minimum absolute atomic E-state index is 0.107. The Balaban J connectivity index is 1.50. The number of anilines is 1. The molecule has 0 fully saturated rings. The van der Waals surface area contributed by atoms with Crippen molar-refractivity contribution >= 4 is 28.9 Å². The van der Waals surface area contributed by atoms with Gasteiger partial charge < -0.3 is 19.4 Å². The lowest BCUT2D eigenvalue weighted by Crippen LogP contribution is -2.29. The predicted octanol–water partition coefficient (Wildman–Crippen LogP) is 3.33. The topological polar surface area (TPSA) is 89.9 Å². The van der Waals surface area contributed by atoms with Crippen LogP contribution in [0.25, 0.3) is 0 Å². The van der Waals surface area contributed by atoms with E-state index in [9.17, 15) is 14.4 Å². The number of methoxy groups -OCH3 is 1. The molecule has 184 valence electrons. The Labute approximate surface area is 208 Å². The van der Waals surface area contributed by atoms with Gasteiger partial charge in [0.1, 0.15) is 11.3 Å². The number of benzene rings is 1. The van der Waals surface area contributed by atoms with E-state index in [0.29, 0.717) is 56.9 Å². The van der Waals surface area contributed by atoms with Gasteiger partial charge in [-0.2, -0.15) is 11.3 Å². The maximum Gasteiger partial charge on any atom is 0.343 e. The standard InChI is InChI=1S/C26H29N3O5S/c1-18(30)27-21-5-3-19(4-6-21)16-28-10-7-22-25(26(32)33-2)23(15-24(31)29(22)12-11-28)34-13-8-20-9-14-35-17-20/h3-6,9,14-15,17H,7-8,10-13,16H2,1-2H3,(H,27,30). The van der Waals surface area contributed by atoms with Crippen molar-refractivity contribution in [3.63, 3.8) is 0 Å². The molecule has 2 aromatic heterocycles. The van der Waals surface area contributed by atoms with E-state index < -0.39 is 5.97 Å². The molecule has 3 heterocycles. The molecule has 1 aliphatic rings. The lowest BCUT2D eigenvalue weighted by Gasteiger charge is -2.19. The molecule has 9 heteroatoms. The zero-order chi connectivity index (χ0) is 24.8. The Morgan fingerprint density at radius 2 is 1.89 bits per heavy atom. The van der Waals surface area contributed by atoms with Crippen molar-refractivity contribution in [2.75, 3.05) is 32.1 Å². The van der Waals surface area contributed by atoms with E-state index in [1.807, 2.05) is 35.7 Å². The number of nitrogens with one attached hydrogen (secondary N) is 1. The molecular weight excluding hydrogens is 466 g/mol. The van der Waals surface area contributed by atoms with Gasteiger partial charge in [-0.15, -0.1) is 0 Å². The van der Waals surface area contributed by atoms with Crippen LogP contribution in [-0.4, -0.2) is 48.1 Å². The van der Waals surface area contributed by atoms with Gasteiger partial charge in [-0.25, -0.2) is 4.79 Å². The number of hydrogen-bond donors (Lipinski definition) is 1. The predicted molar refractivity (Wildman–Crippen MR) is 135 cm³/mol. The Kier molecular flexibility index (Phi) is 7.99. The van der Waals surface area contributed by atoms with E-state index >= 15 is 0 Å². The number of carbonyl (C=O) groups excluding carboxylic acids is 2. The molecule has 0 unspecified atom stereocenters. The van der Waals surface area contributed by atoms with Crippen LogP contribution in [0.2, 0.25) is 0 Å². The zero-order valence-corrected chi connectivity index (χ0v) is 20.7. The average molecular weight is 496 g/mol. The average Bonchev–Trinajstić information content (AvgIpc) is 3.26. The van der Waals surface area contributed by atoms with Crippen molar-refractivity contribution in [1.29, 1.82) is 0 Å². The Morgan fingerprint density at radius 1 is 1.09 bits per heavy atom. The number of fused-ring (bicyclic) bond motifs is 1. The minimum atomic E-state index is -0.499. The summed E-state index contributed by atoms with van der Waals surface area (Å²) in [4.78, 5) is 39.2. The number of nitrogens with zero attached hydrogens (tertiary/aromatic N) is 2. The number of aromatic nitrogens is 1. The summed E-state index contributed by atoms with van der Waals surface area (Å²) >= 11 is 1.62. The Morgan fingerprint density at radius 3 is 2.57 bits per heavy atom. The Bertz CT molecular complexity index is 1240. The van der Waals surface area contributed by atoms with Crippen LogP contribution in [0.3, 0.4) is 0 Å². The molecule has 4 rings (SSSR count). The van der Waals surface area contributed by atoms with E-state index in [0.717, 1.165) is 16.8 Å². The molecule has 1 aromatic carbocycles. The molecule has 0 saturated heterocycles. The molecule has 1 aliphatic heterocycles. The number of thiophene rings is 1. The number of esters is 1. The third-order valence-electron chi connectivity index (χ3n) is 5.98. The molecule has 1 amide bonds.